The van der Waals surface area contributed by atoms with Gasteiger partial charge in [0, 0.05) is 6.54 Å². The highest BCUT2D eigenvalue weighted by atomic mass is 32.1. The predicted molar refractivity (Wildman–Crippen MR) is 61.4 cm³/mol. The van der Waals surface area contributed by atoms with Crippen molar-refractivity contribution in [2.24, 2.45) is 0 Å². The third kappa shape index (κ3) is 2.38. The molecule has 2 heterocycles. The summed E-state index contributed by atoms with van der Waals surface area (Å²) in [6, 6.07) is 2.04. The Balaban J connectivity index is 2.20. The lowest BCUT2D eigenvalue weighted by atomic mass is 10.3. The largest absolute Gasteiger partial charge is 0.477 e. The van der Waals surface area contributed by atoms with Crippen LogP contribution in [0.15, 0.2) is 0 Å². The van der Waals surface area contributed by atoms with E-state index in [9.17, 15) is 4.79 Å². The maximum absolute atomic E-state index is 10.9. The van der Waals surface area contributed by atoms with Crippen LogP contribution in [0.5, 0.6) is 0 Å². The van der Waals surface area contributed by atoms with Crippen molar-refractivity contribution in [3.63, 3.8) is 0 Å². The molecule has 17 heavy (non-hydrogen) atoms. The molecule has 1 fully saturated rings. The predicted octanol–water partition coefficient (Wildman–Crippen LogP) is 0.878. The van der Waals surface area contributed by atoms with Gasteiger partial charge >= 0.3 is 5.97 Å². The fraction of sp³-hybridized carbons (Fsp3) is 0.500. The van der Waals surface area contributed by atoms with Gasteiger partial charge in [0.1, 0.15) is 4.88 Å². The molecule has 1 aromatic rings. The average molecular weight is 253 g/mol. The Morgan fingerprint density at radius 2 is 2.53 bits per heavy atom. The van der Waals surface area contributed by atoms with Gasteiger partial charge in [-0.3, -0.25) is 0 Å². The number of hydrogen-bond acceptors (Lipinski definition) is 6. The number of rotatable bonds is 2. The van der Waals surface area contributed by atoms with E-state index in [4.69, 9.17) is 15.1 Å². The number of thiazole rings is 1. The van der Waals surface area contributed by atoms with Crippen molar-refractivity contribution in [1.82, 2.24) is 4.98 Å². The molecule has 0 bridgehead atoms. The molecule has 1 aromatic heterocycles. The van der Waals surface area contributed by atoms with Crippen LogP contribution in [-0.4, -0.2) is 41.9 Å². The number of nitriles is 1. The first-order chi connectivity index (χ1) is 8.11. The zero-order valence-electron chi connectivity index (χ0n) is 9.21. The molecule has 0 aromatic carbocycles. The Kier molecular flexibility index (Phi) is 3.26. The van der Waals surface area contributed by atoms with Gasteiger partial charge in [0.25, 0.3) is 0 Å². The first-order valence-corrected chi connectivity index (χ1v) is 5.90. The molecule has 90 valence electrons. The standard InChI is InChI=1S/C10H11N3O3S/c1-6-8(9(14)15)17-10(12-6)13-2-3-16-7(4-11)5-13/h7H,2-3,5H2,1H3,(H,14,15). The van der Waals surface area contributed by atoms with Crippen molar-refractivity contribution >= 4 is 22.4 Å². The Bertz CT molecular complexity index is 480. The number of ether oxygens (including phenoxy) is 1. The fourth-order valence-corrected chi connectivity index (χ4v) is 2.56. The van der Waals surface area contributed by atoms with Gasteiger partial charge in [-0.25, -0.2) is 9.78 Å². The lowest BCUT2D eigenvalue weighted by Crippen LogP contribution is -2.41. The molecular weight excluding hydrogens is 242 g/mol. The summed E-state index contributed by atoms with van der Waals surface area (Å²) < 4.78 is 5.22. The smallest absolute Gasteiger partial charge is 0.347 e. The van der Waals surface area contributed by atoms with E-state index in [2.05, 4.69) is 4.98 Å². The molecule has 6 nitrogen and oxygen atoms in total. The van der Waals surface area contributed by atoms with Crippen molar-refractivity contribution in [2.45, 2.75) is 13.0 Å². The minimum atomic E-state index is -0.962. The van der Waals surface area contributed by atoms with E-state index >= 15 is 0 Å². The maximum Gasteiger partial charge on any atom is 0.347 e. The van der Waals surface area contributed by atoms with Crippen molar-refractivity contribution in [2.75, 3.05) is 24.6 Å². The average Bonchev–Trinajstić information content (AvgIpc) is 2.71. The first kappa shape index (κ1) is 11.8. The summed E-state index contributed by atoms with van der Waals surface area (Å²) in [5.74, 6) is -0.962. The minimum absolute atomic E-state index is 0.250. The number of hydrogen-bond donors (Lipinski definition) is 1. The van der Waals surface area contributed by atoms with Crippen LogP contribution in [-0.2, 0) is 4.74 Å². The Labute approximate surface area is 102 Å². The number of aromatic nitrogens is 1. The number of morpholine rings is 1. The second kappa shape index (κ2) is 4.69. The number of carbonyl (C=O) groups is 1. The molecule has 0 spiro atoms. The maximum atomic E-state index is 10.9. The number of nitrogens with zero attached hydrogens (tertiary/aromatic N) is 3. The van der Waals surface area contributed by atoms with E-state index in [0.29, 0.717) is 30.5 Å². The van der Waals surface area contributed by atoms with Crippen LogP contribution >= 0.6 is 11.3 Å². The molecule has 0 radical (unpaired) electrons. The number of carboxylic acid groups (broad SMARTS) is 1. The third-order valence-corrected chi connectivity index (χ3v) is 3.67. The number of carboxylic acids is 1. The Morgan fingerprint density at radius 3 is 3.12 bits per heavy atom. The van der Waals surface area contributed by atoms with Crippen LogP contribution in [0.2, 0.25) is 0 Å². The second-order valence-corrected chi connectivity index (χ2v) is 4.63. The molecule has 7 heteroatoms. The molecule has 1 N–H and O–H groups in total. The quantitative estimate of drug-likeness (QED) is 0.842. The third-order valence-electron chi connectivity index (χ3n) is 2.46. The Hall–Kier alpha value is -1.65. The number of aromatic carboxylic acids is 1. The van der Waals surface area contributed by atoms with Gasteiger partial charge in [-0.2, -0.15) is 5.26 Å². The second-order valence-electron chi connectivity index (χ2n) is 3.65. The van der Waals surface area contributed by atoms with E-state index in [-0.39, 0.29) is 4.88 Å². The van der Waals surface area contributed by atoms with Crippen LogP contribution in [0.3, 0.4) is 0 Å². The molecule has 0 saturated carbocycles. The minimum Gasteiger partial charge on any atom is -0.477 e. The SMILES string of the molecule is Cc1nc(N2CCOC(C#N)C2)sc1C(=O)O. The number of aryl methyl sites for hydroxylation is 1. The van der Waals surface area contributed by atoms with Gasteiger partial charge in [0.05, 0.1) is 24.9 Å². The van der Waals surface area contributed by atoms with Gasteiger partial charge in [-0.1, -0.05) is 11.3 Å². The van der Waals surface area contributed by atoms with Gasteiger partial charge in [0.15, 0.2) is 11.2 Å². The van der Waals surface area contributed by atoms with E-state index in [1.165, 1.54) is 0 Å². The summed E-state index contributed by atoms with van der Waals surface area (Å²) in [6.45, 7) is 3.19. The molecular formula is C10H11N3O3S. The molecule has 1 atom stereocenters. The van der Waals surface area contributed by atoms with Crippen LogP contribution < -0.4 is 4.90 Å². The first-order valence-electron chi connectivity index (χ1n) is 5.08. The van der Waals surface area contributed by atoms with Crippen LogP contribution in [0.25, 0.3) is 0 Å². The van der Waals surface area contributed by atoms with E-state index in [0.717, 1.165) is 11.3 Å². The van der Waals surface area contributed by atoms with Crippen molar-refractivity contribution in [3.05, 3.63) is 10.6 Å². The zero-order chi connectivity index (χ0) is 12.4. The summed E-state index contributed by atoms with van der Waals surface area (Å²) in [6.07, 6.45) is -0.471. The molecule has 1 aliphatic heterocycles. The summed E-state index contributed by atoms with van der Waals surface area (Å²) >= 11 is 1.14. The normalized spacial score (nSPS) is 20.0. The fourth-order valence-electron chi connectivity index (χ4n) is 1.62. The summed E-state index contributed by atoms with van der Waals surface area (Å²) in [7, 11) is 0. The van der Waals surface area contributed by atoms with E-state index in [1.54, 1.807) is 6.92 Å². The molecule has 2 rings (SSSR count). The Morgan fingerprint density at radius 1 is 1.76 bits per heavy atom. The topological polar surface area (TPSA) is 86.5 Å². The van der Waals surface area contributed by atoms with E-state index < -0.39 is 12.1 Å². The van der Waals surface area contributed by atoms with Crippen molar-refractivity contribution in [3.8, 4) is 6.07 Å². The zero-order valence-corrected chi connectivity index (χ0v) is 10.0. The summed E-state index contributed by atoms with van der Waals surface area (Å²) in [4.78, 5) is 17.3. The van der Waals surface area contributed by atoms with Crippen molar-refractivity contribution in [1.29, 1.82) is 5.26 Å². The molecule has 1 unspecified atom stereocenters. The van der Waals surface area contributed by atoms with Crippen LogP contribution in [0.4, 0.5) is 5.13 Å². The van der Waals surface area contributed by atoms with Crippen LogP contribution in [0.1, 0.15) is 15.4 Å². The highest BCUT2D eigenvalue weighted by Gasteiger charge is 2.24. The van der Waals surface area contributed by atoms with Crippen LogP contribution in [0, 0.1) is 18.3 Å². The van der Waals surface area contributed by atoms with Crippen molar-refractivity contribution < 1.29 is 14.6 Å². The van der Waals surface area contributed by atoms with E-state index in [1.807, 2.05) is 11.0 Å². The lowest BCUT2D eigenvalue weighted by molar-refractivity contribution is 0.0701. The van der Waals surface area contributed by atoms with Gasteiger partial charge < -0.3 is 14.7 Å². The highest BCUT2D eigenvalue weighted by molar-refractivity contribution is 7.17. The lowest BCUT2D eigenvalue weighted by Gasteiger charge is -2.29. The van der Waals surface area contributed by atoms with Gasteiger partial charge in [-0.05, 0) is 6.92 Å². The summed E-state index contributed by atoms with van der Waals surface area (Å²) in [5.41, 5.74) is 0.512. The molecule has 0 aliphatic carbocycles. The molecule has 1 aliphatic rings. The highest BCUT2D eigenvalue weighted by Crippen LogP contribution is 2.27. The van der Waals surface area contributed by atoms with Gasteiger partial charge in [0.2, 0.25) is 0 Å². The molecule has 1 saturated heterocycles. The summed E-state index contributed by atoms with van der Waals surface area (Å²) in [5, 5.41) is 18.4. The molecule has 0 amide bonds. The number of anilines is 1. The monoisotopic (exact) mass is 253 g/mol. The van der Waals surface area contributed by atoms with Gasteiger partial charge in [-0.15, -0.1) is 0 Å².